The summed E-state index contributed by atoms with van der Waals surface area (Å²) in [5.41, 5.74) is 6.41. The molecular weight excluding hydrogens is 236 g/mol. The normalized spacial score (nSPS) is 40.9. The number of nitrogens with zero attached hydrogens (tertiary/aromatic N) is 1. The number of nitrogens with two attached hydrogens (primary N) is 1. The van der Waals surface area contributed by atoms with Crippen molar-refractivity contribution in [2.45, 2.75) is 77.0 Å². The van der Waals surface area contributed by atoms with E-state index in [9.17, 15) is 0 Å². The molecule has 3 heteroatoms. The zero-order valence-electron chi connectivity index (χ0n) is 13.2. The van der Waals surface area contributed by atoms with Crippen LogP contribution in [-0.2, 0) is 4.74 Å². The molecule has 3 atom stereocenters. The first-order valence-electron chi connectivity index (χ1n) is 8.00. The standard InChI is InChI=1S/C16H32N2O/c1-13-6-5-8-16(11-17,9-7-13)18-10-14(2)19-15(3,4)12-18/h13-14H,5-12,17H2,1-4H3. The van der Waals surface area contributed by atoms with E-state index in [1.165, 1.54) is 32.1 Å². The summed E-state index contributed by atoms with van der Waals surface area (Å²) in [4.78, 5) is 2.65. The van der Waals surface area contributed by atoms with E-state index in [0.29, 0.717) is 6.10 Å². The van der Waals surface area contributed by atoms with Gasteiger partial charge in [-0.25, -0.2) is 0 Å². The lowest BCUT2D eigenvalue weighted by atomic mass is 9.85. The van der Waals surface area contributed by atoms with Crippen LogP contribution in [0.5, 0.6) is 0 Å². The SMILES string of the molecule is CC1CCCC(CN)(N2CC(C)OC(C)(C)C2)CC1. The molecule has 0 aromatic heterocycles. The second kappa shape index (κ2) is 5.71. The fraction of sp³-hybridized carbons (Fsp3) is 1.00. The van der Waals surface area contributed by atoms with Gasteiger partial charge in [-0.2, -0.15) is 0 Å². The minimum atomic E-state index is -0.0439. The fourth-order valence-electron chi connectivity index (χ4n) is 4.03. The third-order valence-corrected chi connectivity index (χ3v) is 5.06. The van der Waals surface area contributed by atoms with Gasteiger partial charge in [-0.3, -0.25) is 4.90 Å². The number of morpholine rings is 1. The molecule has 19 heavy (non-hydrogen) atoms. The quantitative estimate of drug-likeness (QED) is 0.783. The molecule has 0 amide bonds. The molecule has 2 rings (SSSR count). The minimum Gasteiger partial charge on any atom is -0.370 e. The Morgan fingerprint density at radius 2 is 1.95 bits per heavy atom. The van der Waals surface area contributed by atoms with Crippen molar-refractivity contribution in [2.24, 2.45) is 11.7 Å². The summed E-state index contributed by atoms with van der Waals surface area (Å²) in [5.74, 6) is 0.861. The first kappa shape index (κ1) is 15.3. The number of hydrogen-bond acceptors (Lipinski definition) is 3. The second-order valence-electron chi connectivity index (χ2n) is 7.53. The van der Waals surface area contributed by atoms with E-state index in [-0.39, 0.29) is 11.1 Å². The van der Waals surface area contributed by atoms with Crippen molar-refractivity contribution in [3.8, 4) is 0 Å². The summed E-state index contributed by atoms with van der Waals surface area (Å²) in [5, 5.41) is 0. The lowest BCUT2D eigenvalue weighted by Crippen LogP contribution is -2.63. The van der Waals surface area contributed by atoms with E-state index in [0.717, 1.165) is 25.6 Å². The van der Waals surface area contributed by atoms with Crippen LogP contribution in [0.4, 0.5) is 0 Å². The first-order chi connectivity index (χ1) is 8.87. The second-order valence-corrected chi connectivity index (χ2v) is 7.53. The molecule has 3 nitrogen and oxygen atoms in total. The summed E-state index contributed by atoms with van der Waals surface area (Å²) in [6.07, 6.45) is 6.84. The molecular formula is C16H32N2O. The first-order valence-corrected chi connectivity index (χ1v) is 8.00. The van der Waals surface area contributed by atoms with Gasteiger partial charge in [-0.15, -0.1) is 0 Å². The molecule has 0 aromatic carbocycles. The molecule has 2 N–H and O–H groups in total. The largest absolute Gasteiger partial charge is 0.370 e. The van der Waals surface area contributed by atoms with Crippen LogP contribution < -0.4 is 5.73 Å². The van der Waals surface area contributed by atoms with Crippen LogP contribution in [0.2, 0.25) is 0 Å². The highest BCUT2D eigenvalue weighted by atomic mass is 16.5. The van der Waals surface area contributed by atoms with Crippen LogP contribution in [-0.4, -0.2) is 41.8 Å². The average molecular weight is 268 g/mol. The molecule has 1 heterocycles. The van der Waals surface area contributed by atoms with Crippen molar-refractivity contribution in [3.05, 3.63) is 0 Å². The van der Waals surface area contributed by atoms with Crippen molar-refractivity contribution < 1.29 is 4.74 Å². The summed E-state index contributed by atoms with van der Waals surface area (Å²) in [7, 11) is 0. The number of hydrogen-bond donors (Lipinski definition) is 1. The van der Waals surface area contributed by atoms with Crippen molar-refractivity contribution in [3.63, 3.8) is 0 Å². The smallest absolute Gasteiger partial charge is 0.0757 e. The van der Waals surface area contributed by atoms with Crippen molar-refractivity contribution in [1.82, 2.24) is 4.90 Å². The van der Waals surface area contributed by atoms with Crippen LogP contribution in [0, 0.1) is 5.92 Å². The third-order valence-electron chi connectivity index (χ3n) is 5.06. The average Bonchev–Trinajstić information content (AvgIpc) is 2.49. The molecule has 1 saturated carbocycles. The van der Waals surface area contributed by atoms with Gasteiger partial charge in [-0.05, 0) is 46.0 Å². The zero-order valence-corrected chi connectivity index (χ0v) is 13.2. The summed E-state index contributed by atoms with van der Waals surface area (Å²) in [6, 6.07) is 0. The molecule has 1 aliphatic heterocycles. The zero-order chi connectivity index (χ0) is 14.1. The van der Waals surface area contributed by atoms with Crippen LogP contribution in [0.1, 0.15) is 59.8 Å². The van der Waals surface area contributed by atoms with E-state index in [4.69, 9.17) is 10.5 Å². The van der Waals surface area contributed by atoms with Crippen LogP contribution in [0.3, 0.4) is 0 Å². The summed E-state index contributed by atoms with van der Waals surface area (Å²) >= 11 is 0. The van der Waals surface area contributed by atoms with Crippen molar-refractivity contribution >= 4 is 0 Å². The van der Waals surface area contributed by atoms with Crippen molar-refractivity contribution in [1.29, 1.82) is 0 Å². The minimum absolute atomic E-state index is 0.0439. The Kier molecular flexibility index (Phi) is 4.59. The molecule has 0 radical (unpaired) electrons. The Balaban J connectivity index is 2.15. The highest BCUT2D eigenvalue weighted by Crippen LogP contribution is 2.37. The highest BCUT2D eigenvalue weighted by Gasteiger charge is 2.43. The van der Waals surface area contributed by atoms with Gasteiger partial charge in [-0.1, -0.05) is 19.8 Å². The Bertz CT molecular complexity index is 305. The van der Waals surface area contributed by atoms with Crippen LogP contribution in [0.15, 0.2) is 0 Å². The van der Waals surface area contributed by atoms with Gasteiger partial charge < -0.3 is 10.5 Å². The number of ether oxygens (including phenoxy) is 1. The van der Waals surface area contributed by atoms with Gasteiger partial charge in [0.15, 0.2) is 0 Å². The molecule has 112 valence electrons. The van der Waals surface area contributed by atoms with Gasteiger partial charge in [0.25, 0.3) is 0 Å². The molecule has 0 aromatic rings. The maximum absolute atomic E-state index is 6.24. The molecule has 0 spiro atoms. The van der Waals surface area contributed by atoms with Crippen molar-refractivity contribution in [2.75, 3.05) is 19.6 Å². The lowest BCUT2D eigenvalue weighted by molar-refractivity contribution is -0.154. The summed E-state index contributed by atoms with van der Waals surface area (Å²) in [6.45, 7) is 11.8. The topological polar surface area (TPSA) is 38.5 Å². The maximum Gasteiger partial charge on any atom is 0.0757 e. The predicted molar refractivity (Wildman–Crippen MR) is 80.2 cm³/mol. The van der Waals surface area contributed by atoms with Gasteiger partial charge in [0.1, 0.15) is 0 Å². The maximum atomic E-state index is 6.24. The van der Waals surface area contributed by atoms with E-state index in [2.05, 4.69) is 32.6 Å². The van der Waals surface area contributed by atoms with E-state index < -0.39 is 0 Å². The monoisotopic (exact) mass is 268 g/mol. The molecule has 1 aliphatic carbocycles. The van der Waals surface area contributed by atoms with Gasteiger partial charge in [0.2, 0.25) is 0 Å². The Hall–Kier alpha value is -0.120. The molecule has 2 aliphatic rings. The lowest BCUT2D eigenvalue weighted by Gasteiger charge is -2.51. The Labute approximate surface area is 118 Å². The third kappa shape index (κ3) is 3.50. The molecule has 3 unspecified atom stereocenters. The van der Waals surface area contributed by atoms with Gasteiger partial charge in [0.05, 0.1) is 11.7 Å². The fourth-order valence-corrected chi connectivity index (χ4v) is 4.03. The van der Waals surface area contributed by atoms with Crippen LogP contribution >= 0.6 is 0 Å². The van der Waals surface area contributed by atoms with E-state index >= 15 is 0 Å². The molecule has 0 bridgehead atoms. The summed E-state index contributed by atoms with van der Waals surface area (Å²) < 4.78 is 6.05. The van der Waals surface area contributed by atoms with E-state index in [1.807, 2.05) is 0 Å². The predicted octanol–water partition coefficient (Wildman–Crippen LogP) is 2.78. The van der Waals surface area contributed by atoms with Crippen LogP contribution in [0.25, 0.3) is 0 Å². The Morgan fingerprint density at radius 1 is 1.21 bits per heavy atom. The molecule has 2 fully saturated rings. The van der Waals surface area contributed by atoms with Gasteiger partial charge in [0, 0.05) is 25.2 Å². The molecule has 1 saturated heterocycles. The van der Waals surface area contributed by atoms with E-state index in [1.54, 1.807) is 0 Å². The highest BCUT2D eigenvalue weighted by molar-refractivity contribution is 4.98. The van der Waals surface area contributed by atoms with Gasteiger partial charge >= 0.3 is 0 Å². The number of rotatable bonds is 2. The Morgan fingerprint density at radius 3 is 2.58 bits per heavy atom.